The molecule has 1 aliphatic rings. The van der Waals surface area contributed by atoms with E-state index in [0.29, 0.717) is 19.8 Å². The molecule has 102 valence electrons. The van der Waals surface area contributed by atoms with Gasteiger partial charge in [0.2, 0.25) is 5.15 Å². The fraction of sp³-hybridized carbons (Fsp3) is 0.455. The van der Waals surface area contributed by atoms with Crippen molar-refractivity contribution in [3.05, 3.63) is 33.1 Å². The minimum absolute atomic E-state index is 0.0428. The summed E-state index contributed by atoms with van der Waals surface area (Å²) in [5.74, 6) is -0.424. The molecule has 8 heteroatoms. The summed E-state index contributed by atoms with van der Waals surface area (Å²) >= 11 is 5.70. The molecule has 0 aliphatic carbocycles. The molecule has 0 spiro atoms. The number of ether oxygens (including phenoxy) is 1. The van der Waals surface area contributed by atoms with Crippen molar-refractivity contribution in [2.24, 2.45) is 0 Å². The van der Waals surface area contributed by atoms with Crippen LogP contribution in [-0.4, -0.2) is 46.5 Å². The summed E-state index contributed by atoms with van der Waals surface area (Å²) in [6.07, 6.45) is 1.29. The van der Waals surface area contributed by atoms with Crippen molar-refractivity contribution in [1.82, 2.24) is 9.88 Å². The van der Waals surface area contributed by atoms with Crippen LogP contribution in [0.3, 0.4) is 0 Å². The number of nitrogens with zero attached hydrogens (tertiary/aromatic N) is 3. The van der Waals surface area contributed by atoms with Gasteiger partial charge in [-0.15, -0.1) is 0 Å². The van der Waals surface area contributed by atoms with E-state index in [1.54, 1.807) is 4.90 Å². The van der Waals surface area contributed by atoms with Gasteiger partial charge >= 0.3 is 5.69 Å². The molecule has 0 aromatic carbocycles. The van der Waals surface area contributed by atoms with Crippen molar-refractivity contribution in [3.63, 3.8) is 0 Å². The van der Waals surface area contributed by atoms with Gasteiger partial charge in [-0.05, 0) is 13.0 Å². The number of carbonyl (C=O) groups is 1. The number of pyridine rings is 1. The lowest BCUT2D eigenvalue weighted by atomic mass is 10.1. The van der Waals surface area contributed by atoms with Crippen LogP contribution >= 0.6 is 11.6 Å². The first kappa shape index (κ1) is 13.7. The van der Waals surface area contributed by atoms with Crippen molar-refractivity contribution in [2.45, 2.75) is 13.0 Å². The van der Waals surface area contributed by atoms with Crippen LogP contribution < -0.4 is 0 Å². The predicted molar refractivity (Wildman–Crippen MR) is 67.2 cm³/mol. The largest absolute Gasteiger partial charge is 0.377 e. The summed E-state index contributed by atoms with van der Waals surface area (Å²) < 4.78 is 5.23. The number of aromatic nitrogens is 1. The molecule has 0 radical (unpaired) electrons. The van der Waals surface area contributed by atoms with Crippen molar-refractivity contribution >= 4 is 23.2 Å². The summed E-state index contributed by atoms with van der Waals surface area (Å²) in [6, 6.07) is 1.18. The smallest absolute Gasteiger partial charge is 0.319 e. The molecular weight excluding hydrogens is 274 g/mol. The summed E-state index contributed by atoms with van der Waals surface area (Å²) in [7, 11) is 0. The number of carbonyl (C=O) groups excluding carboxylic acids is 1. The lowest BCUT2D eigenvalue weighted by Gasteiger charge is -2.33. The number of rotatable bonds is 2. The van der Waals surface area contributed by atoms with Crippen LogP contribution in [0.15, 0.2) is 12.3 Å². The molecule has 1 saturated heterocycles. The number of hydrogen-bond acceptors (Lipinski definition) is 5. The topological polar surface area (TPSA) is 85.6 Å². The van der Waals surface area contributed by atoms with Gasteiger partial charge < -0.3 is 9.64 Å². The van der Waals surface area contributed by atoms with Crippen molar-refractivity contribution in [1.29, 1.82) is 0 Å². The zero-order chi connectivity index (χ0) is 14.0. The Morgan fingerprint density at radius 2 is 2.42 bits per heavy atom. The Morgan fingerprint density at radius 3 is 3.05 bits per heavy atom. The van der Waals surface area contributed by atoms with Crippen LogP contribution in [0, 0.1) is 10.1 Å². The second-order valence-corrected chi connectivity index (χ2v) is 4.54. The Morgan fingerprint density at radius 1 is 1.68 bits per heavy atom. The van der Waals surface area contributed by atoms with E-state index in [0.717, 1.165) is 0 Å². The van der Waals surface area contributed by atoms with Crippen LogP contribution in [0.1, 0.15) is 17.3 Å². The molecule has 0 N–H and O–H groups in total. The standard InChI is InChI=1S/C11H12ClN3O4/c1-7-6-19-5-4-14(7)11(16)8-2-3-13-10(12)9(8)15(17)18/h2-3,7H,4-6H2,1H3. The molecule has 1 aliphatic heterocycles. The molecule has 1 aromatic rings. The quantitative estimate of drug-likeness (QED) is 0.467. The highest BCUT2D eigenvalue weighted by atomic mass is 35.5. The fourth-order valence-electron chi connectivity index (χ4n) is 1.96. The molecule has 2 heterocycles. The van der Waals surface area contributed by atoms with Gasteiger partial charge in [0.15, 0.2) is 0 Å². The molecule has 0 bridgehead atoms. The second-order valence-electron chi connectivity index (χ2n) is 4.18. The highest BCUT2D eigenvalue weighted by molar-refractivity contribution is 6.32. The maximum atomic E-state index is 12.4. The first-order valence-electron chi connectivity index (χ1n) is 5.70. The lowest BCUT2D eigenvalue weighted by molar-refractivity contribution is -0.385. The van der Waals surface area contributed by atoms with Gasteiger partial charge in [0.1, 0.15) is 5.56 Å². The summed E-state index contributed by atoms with van der Waals surface area (Å²) in [4.78, 5) is 27.9. The van der Waals surface area contributed by atoms with E-state index in [1.807, 2.05) is 6.92 Å². The Kier molecular flexibility index (Phi) is 3.96. The summed E-state index contributed by atoms with van der Waals surface area (Å²) in [5, 5.41) is 10.7. The Hall–Kier alpha value is -1.73. The third kappa shape index (κ3) is 2.66. The van der Waals surface area contributed by atoms with Crippen molar-refractivity contribution < 1.29 is 14.5 Å². The number of hydrogen-bond donors (Lipinski definition) is 0. The van der Waals surface area contributed by atoms with E-state index in [1.165, 1.54) is 12.3 Å². The van der Waals surface area contributed by atoms with Gasteiger partial charge in [0, 0.05) is 12.7 Å². The summed E-state index contributed by atoms with van der Waals surface area (Å²) in [5.41, 5.74) is -0.494. The fourth-order valence-corrected chi connectivity index (χ4v) is 2.19. The van der Waals surface area contributed by atoms with Crippen molar-refractivity contribution in [2.75, 3.05) is 19.8 Å². The molecule has 19 heavy (non-hydrogen) atoms. The average Bonchev–Trinajstić information content (AvgIpc) is 2.37. The van der Waals surface area contributed by atoms with Gasteiger partial charge in [-0.25, -0.2) is 4.98 Å². The normalized spacial score (nSPS) is 19.3. The number of amides is 1. The van der Waals surface area contributed by atoms with E-state index < -0.39 is 16.5 Å². The molecule has 1 atom stereocenters. The molecule has 2 rings (SSSR count). The van der Waals surface area contributed by atoms with Crippen LogP contribution in [0.2, 0.25) is 5.15 Å². The maximum absolute atomic E-state index is 12.4. The number of morpholine rings is 1. The minimum atomic E-state index is -0.687. The molecule has 1 aromatic heterocycles. The van der Waals surface area contributed by atoms with E-state index in [9.17, 15) is 14.9 Å². The van der Waals surface area contributed by atoms with Gasteiger partial charge in [-0.3, -0.25) is 14.9 Å². The van der Waals surface area contributed by atoms with Crippen LogP contribution in [0.5, 0.6) is 0 Å². The Bertz CT molecular complexity index is 523. The SMILES string of the molecule is CC1COCCN1C(=O)c1ccnc(Cl)c1[N+](=O)[O-]. The molecule has 1 unspecified atom stereocenters. The highest BCUT2D eigenvalue weighted by Crippen LogP contribution is 2.27. The molecule has 1 fully saturated rings. The predicted octanol–water partition coefficient (Wildman–Crippen LogP) is 1.50. The van der Waals surface area contributed by atoms with Gasteiger partial charge in [0.05, 0.1) is 24.2 Å². The Balaban J connectivity index is 2.38. The average molecular weight is 286 g/mol. The minimum Gasteiger partial charge on any atom is -0.377 e. The first-order valence-corrected chi connectivity index (χ1v) is 6.07. The van der Waals surface area contributed by atoms with Crippen LogP contribution in [0.25, 0.3) is 0 Å². The molecule has 7 nitrogen and oxygen atoms in total. The zero-order valence-electron chi connectivity index (χ0n) is 10.2. The van der Waals surface area contributed by atoms with E-state index in [2.05, 4.69) is 4.98 Å². The first-order chi connectivity index (χ1) is 9.02. The third-order valence-electron chi connectivity index (χ3n) is 2.92. The molecule has 0 saturated carbocycles. The van der Waals surface area contributed by atoms with E-state index in [-0.39, 0.29) is 16.8 Å². The van der Waals surface area contributed by atoms with Crippen LogP contribution in [0.4, 0.5) is 5.69 Å². The van der Waals surface area contributed by atoms with E-state index in [4.69, 9.17) is 16.3 Å². The molecule has 1 amide bonds. The molecular formula is C11H12ClN3O4. The maximum Gasteiger partial charge on any atom is 0.319 e. The van der Waals surface area contributed by atoms with Crippen LogP contribution in [-0.2, 0) is 4.74 Å². The Labute approximate surface area is 114 Å². The highest BCUT2D eigenvalue weighted by Gasteiger charge is 2.31. The number of halogens is 1. The third-order valence-corrected chi connectivity index (χ3v) is 3.20. The number of nitro groups is 1. The van der Waals surface area contributed by atoms with Gasteiger partial charge in [-0.2, -0.15) is 0 Å². The van der Waals surface area contributed by atoms with E-state index >= 15 is 0 Å². The summed E-state index contributed by atoms with van der Waals surface area (Å²) in [6.45, 7) is 3.06. The zero-order valence-corrected chi connectivity index (χ0v) is 11.0. The monoisotopic (exact) mass is 285 g/mol. The lowest BCUT2D eigenvalue weighted by Crippen LogP contribution is -2.47. The van der Waals surface area contributed by atoms with Gasteiger partial charge in [0.25, 0.3) is 5.91 Å². The van der Waals surface area contributed by atoms with Gasteiger partial charge in [-0.1, -0.05) is 11.6 Å². The van der Waals surface area contributed by atoms with Crippen molar-refractivity contribution in [3.8, 4) is 0 Å². The second kappa shape index (κ2) is 5.50.